The van der Waals surface area contributed by atoms with Gasteiger partial charge in [0.05, 0.1) is 11.9 Å². The van der Waals surface area contributed by atoms with E-state index in [1.54, 1.807) is 12.1 Å². The van der Waals surface area contributed by atoms with E-state index >= 15 is 0 Å². The number of rotatable bonds is 5. The lowest BCUT2D eigenvalue weighted by Gasteiger charge is -2.19. The Morgan fingerprint density at radius 3 is 2.37 bits per heavy atom. The number of nitrogens with one attached hydrogen (secondary N) is 2. The van der Waals surface area contributed by atoms with Gasteiger partial charge in [-0.25, -0.2) is 4.79 Å². The Labute approximate surface area is 178 Å². The summed E-state index contributed by atoms with van der Waals surface area (Å²) in [5, 5.41) is 12.8. The molecule has 0 saturated carbocycles. The minimum Gasteiger partial charge on any atom is -0.477 e. The van der Waals surface area contributed by atoms with Crippen LogP contribution in [0.15, 0.2) is 47.3 Å². The van der Waals surface area contributed by atoms with Crippen molar-refractivity contribution in [1.82, 2.24) is 10.3 Å². The molecule has 3 rings (SSSR count). The predicted molar refractivity (Wildman–Crippen MR) is 117 cm³/mol. The Morgan fingerprint density at radius 1 is 1.10 bits per heavy atom. The second-order valence-corrected chi connectivity index (χ2v) is 8.68. The predicted octanol–water partition coefficient (Wildman–Crippen LogP) is 4.04. The van der Waals surface area contributed by atoms with E-state index in [9.17, 15) is 14.4 Å². The number of aromatic amines is 1. The van der Waals surface area contributed by atoms with Crippen LogP contribution in [0.25, 0.3) is 10.9 Å². The number of H-pyrrole nitrogens is 1. The van der Waals surface area contributed by atoms with Gasteiger partial charge < -0.3 is 15.4 Å². The van der Waals surface area contributed by atoms with Crippen molar-refractivity contribution in [3.05, 3.63) is 80.1 Å². The van der Waals surface area contributed by atoms with E-state index < -0.39 is 11.5 Å². The number of halogens is 1. The summed E-state index contributed by atoms with van der Waals surface area (Å²) in [6.45, 7) is 6.55. The third-order valence-corrected chi connectivity index (χ3v) is 5.11. The standard InChI is InChI=1S/C23H23ClN2O4/c1-23(2,3)16-6-4-13(5-7-16)8-19(27)25-12-15-10-17(24)9-14-11-18(22(29)30)21(28)26-20(14)15/h4-7,9-11H,8,12H2,1-3H3,(H,25,27)(H,26,28)(H,29,30). The summed E-state index contributed by atoms with van der Waals surface area (Å²) in [7, 11) is 0. The van der Waals surface area contributed by atoms with Gasteiger partial charge >= 0.3 is 5.97 Å². The van der Waals surface area contributed by atoms with Gasteiger partial charge in [0.1, 0.15) is 5.56 Å². The number of hydrogen-bond acceptors (Lipinski definition) is 3. The van der Waals surface area contributed by atoms with Gasteiger partial charge in [-0.1, -0.05) is 56.6 Å². The van der Waals surface area contributed by atoms with E-state index in [4.69, 9.17) is 16.7 Å². The quantitative estimate of drug-likeness (QED) is 0.573. The molecular weight excluding hydrogens is 404 g/mol. The third kappa shape index (κ3) is 4.89. The number of carboxylic acids is 1. The molecule has 0 radical (unpaired) electrons. The highest BCUT2D eigenvalue weighted by Gasteiger charge is 2.15. The SMILES string of the molecule is CC(C)(C)c1ccc(CC(=O)NCc2cc(Cl)cc3cc(C(=O)O)c(=O)[nH]c23)cc1. The van der Waals surface area contributed by atoms with Crippen LogP contribution in [-0.2, 0) is 23.2 Å². The zero-order valence-electron chi connectivity index (χ0n) is 17.0. The Hall–Kier alpha value is -3.12. The van der Waals surface area contributed by atoms with Crippen LogP contribution in [0, 0.1) is 0 Å². The van der Waals surface area contributed by atoms with Gasteiger partial charge in [-0.05, 0) is 40.3 Å². The number of carbonyl (C=O) groups is 2. The summed E-state index contributed by atoms with van der Waals surface area (Å²) in [5.41, 5.74) is 2.12. The zero-order chi connectivity index (χ0) is 22.1. The summed E-state index contributed by atoms with van der Waals surface area (Å²) in [4.78, 5) is 38.2. The first-order valence-corrected chi connectivity index (χ1v) is 9.87. The molecule has 0 atom stereocenters. The Balaban J connectivity index is 1.76. The first-order valence-electron chi connectivity index (χ1n) is 9.49. The first-order chi connectivity index (χ1) is 14.0. The van der Waals surface area contributed by atoms with E-state index in [-0.39, 0.29) is 29.9 Å². The van der Waals surface area contributed by atoms with E-state index in [2.05, 4.69) is 31.1 Å². The van der Waals surface area contributed by atoms with Gasteiger partial charge in [0, 0.05) is 17.0 Å². The molecule has 1 amide bonds. The van der Waals surface area contributed by atoms with Crippen LogP contribution >= 0.6 is 11.6 Å². The van der Waals surface area contributed by atoms with Crippen molar-refractivity contribution in [2.75, 3.05) is 0 Å². The lowest BCUT2D eigenvalue weighted by Crippen LogP contribution is -2.25. The van der Waals surface area contributed by atoms with Gasteiger partial charge in [-0.3, -0.25) is 9.59 Å². The average Bonchev–Trinajstić information content (AvgIpc) is 2.65. The minimum atomic E-state index is -1.31. The fourth-order valence-electron chi connectivity index (χ4n) is 3.22. The van der Waals surface area contributed by atoms with Gasteiger partial charge in [0.2, 0.25) is 5.91 Å². The number of carbonyl (C=O) groups excluding carboxylic acids is 1. The first kappa shape index (κ1) is 21.6. The maximum Gasteiger partial charge on any atom is 0.341 e. The monoisotopic (exact) mass is 426 g/mol. The van der Waals surface area contributed by atoms with E-state index in [1.807, 2.05) is 24.3 Å². The summed E-state index contributed by atoms with van der Waals surface area (Å²) >= 11 is 6.14. The number of amides is 1. The van der Waals surface area contributed by atoms with Crippen molar-refractivity contribution in [3.63, 3.8) is 0 Å². The molecule has 0 bridgehead atoms. The molecule has 1 aromatic heterocycles. The van der Waals surface area contributed by atoms with Crippen molar-refractivity contribution in [1.29, 1.82) is 0 Å². The van der Waals surface area contributed by atoms with Crippen LogP contribution in [-0.4, -0.2) is 22.0 Å². The summed E-state index contributed by atoms with van der Waals surface area (Å²) < 4.78 is 0. The molecule has 0 aliphatic heterocycles. The van der Waals surface area contributed by atoms with Crippen molar-refractivity contribution >= 4 is 34.4 Å². The smallest absolute Gasteiger partial charge is 0.341 e. The van der Waals surface area contributed by atoms with Crippen LogP contribution < -0.4 is 10.9 Å². The molecule has 3 aromatic rings. The lowest BCUT2D eigenvalue weighted by atomic mass is 9.86. The number of benzene rings is 2. The van der Waals surface area contributed by atoms with Crippen molar-refractivity contribution in [3.8, 4) is 0 Å². The van der Waals surface area contributed by atoms with Gasteiger partial charge in [0.25, 0.3) is 5.56 Å². The molecule has 3 N–H and O–H groups in total. The van der Waals surface area contributed by atoms with Crippen LogP contribution in [0.4, 0.5) is 0 Å². The van der Waals surface area contributed by atoms with Gasteiger partial charge in [0.15, 0.2) is 0 Å². The zero-order valence-corrected chi connectivity index (χ0v) is 17.8. The van der Waals surface area contributed by atoms with Crippen molar-refractivity contribution < 1.29 is 14.7 Å². The maximum atomic E-state index is 12.4. The summed E-state index contributed by atoms with van der Waals surface area (Å²) in [6.07, 6.45) is 0.225. The molecule has 7 heteroatoms. The van der Waals surface area contributed by atoms with Gasteiger partial charge in [-0.2, -0.15) is 0 Å². The average molecular weight is 427 g/mol. The third-order valence-electron chi connectivity index (χ3n) is 4.89. The summed E-state index contributed by atoms with van der Waals surface area (Å²) in [5.74, 6) is -1.48. The van der Waals surface area contributed by atoms with Crippen LogP contribution in [0.3, 0.4) is 0 Å². The van der Waals surface area contributed by atoms with Crippen LogP contribution in [0.2, 0.25) is 5.02 Å². The molecule has 0 unspecified atom stereocenters. The number of aromatic nitrogens is 1. The highest BCUT2D eigenvalue weighted by atomic mass is 35.5. The molecule has 2 aromatic carbocycles. The minimum absolute atomic E-state index is 0.0475. The number of hydrogen-bond donors (Lipinski definition) is 3. The fourth-order valence-corrected chi connectivity index (χ4v) is 3.47. The Bertz CT molecular complexity index is 1170. The highest BCUT2D eigenvalue weighted by molar-refractivity contribution is 6.31. The molecule has 0 fully saturated rings. The maximum absolute atomic E-state index is 12.4. The second-order valence-electron chi connectivity index (χ2n) is 8.25. The number of carboxylic acid groups (broad SMARTS) is 1. The van der Waals surface area contributed by atoms with Crippen molar-refractivity contribution in [2.45, 2.75) is 39.2 Å². The van der Waals surface area contributed by atoms with Crippen molar-refractivity contribution in [2.24, 2.45) is 0 Å². The normalized spacial score (nSPS) is 11.5. The largest absolute Gasteiger partial charge is 0.477 e. The number of pyridine rings is 1. The number of fused-ring (bicyclic) bond motifs is 1. The molecule has 30 heavy (non-hydrogen) atoms. The topological polar surface area (TPSA) is 99.3 Å². The van der Waals surface area contributed by atoms with E-state index in [0.717, 1.165) is 5.56 Å². The lowest BCUT2D eigenvalue weighted by molar-refractivity contribution is -0.120. The molecule has 6 nitrogen and oxygen atoms in total. The summed E-state index contributed by atoms with van der Waals surface area (Å²) in [6, 6.07) is 12.4. The molecule has 1 heterocycles. The van der Waals surface area contributed by atoms with Crippen LogP contribution in [0.5, 0.6) is 0 Å². The van der Waals surface area contributed by atoms with E-state index in [0.29, 0.717) is 21.5 Å². The molecule has 0 aliphatic rings. The molecule has 0 spiro atoms. The molecular formula is C23H23ClN2O4. The number of aromatic carboxylic acids is 1. The van der Waals surface area contributed by atoms with E-state index in [1.165, 1.54) is 11.6 Å². The second kappa shape index (κ2) is 8.32. The fraction of sp³-hybridized carbons (Fsp3) is 0.261. The molecule has 0 saturated heterocycles. The Kier molecular flexibility index (Phi) is 5.99. The molecule has 0 aliphatic carbocycles. The van der Waals surface area contributed by atoms with Gasteiger partial charge in [-0.15, -0.1) is 0 Å². The molecule has 156 valence electrons. The van der Waals surface area contributed by atoms with Crippen LogP contribution in [0.1, 0.15) is 47.8 Å². The highest BCUT2D eigenvalue weighted by Crippen LogP contribution is 2.23. The Morgan fingerprint density at radius 2 is 1.77 bits per heavy atom.